The Kier molecular flexibility index (Phi) is 8.52. The zero-order valence-electron chi connectivity index (χ0n) is 8.44. The standard InChI is InChI=1S/C9H12ClNO.CH2O2/c1-11-6-7-12-9-4-2-8(10)3-5-9;2-1-3/h2-5,11H,6-7H2,1H3;1H,(H,2,3). The predicted octanol–water partition coefficient (Wildman–Crippen LogP) is 1.64. The van der Waals surface area contributed by atoms with E-state index in [0.717, 1.165) is 17.3 Å². The van der Waals surface area contributed by atoms with Crippen LogP contribution in [0.2, 0.25) is 5.02 Å². The highest BCUT2D eigenvalue weighted by molar-refractivity contribution is 6.30. The van der Waals surface area contributed by atoms with Gasteiger partial charge < -0.3 is 15.2 Å². The maximum Gasteiger partial charge on any atom is 0.290 e. The third-order valence-corrected chi connectivity index (χ3v) is 1.69. The first-order valence-corrected chi connectivity index (χ1v) is 4.73. The zero-order valence-corrected chi connectivity index (χ0v) is 9.20. The van der Waals surface area contributed by atoms with E-state index in [9.17, 15) is 0 Å². The van der Waals surface area contributed by atoms with Gasteiger partial charge in [0, 0.05) is 11.6 Å². The molecule has 1 aromatic carbocycles. The Morgan fingerprint density at radius 2 is 2.00 bits per heavy atom. The lowest BCUT2D eigenvalue weighted by Gasteiger charge is -2.04. The summed E-state index contributed by atoms with van der Waals surface area (Å²) < 4.78 is 5.38. The van der Waals surface area contributed by atoms with Crippen LogP contribution in [0, 0.1) is 0 Å². The number of nitrogens with one attached hydrogen (secondary N) is 1. The smallest absolute Gasteiger partial charge is 0.290 e. The van der Waals surface area contributed by atoms with Crippen molar-refractivity contribution in [3.63, 3.8) is 0 Å². The first-order chi connectivity index (χ1) is 7.24. The molecule has 0 aromatic heterocycles. The van der Waals surface area contributed by atoms with Crippen LogP contribution in [-0.2, 0) is 4.79 Å². The summed E-state index contributed by atoms with van der Waals surface area (Å²) in [5.41, 5.74) is 0. The molecular weight excluding hydrogens is 218 g/mol. The molecule has 2 N–H and O–H groups in total. The van der Waals surface area contributed by atoms with Gasteiger partial charge in [-0.3, -0.25) is 4.79 Å². The summed E-state index contributed by atoms with van der Waals surface area (Å²) >= 11 is 5.71. The quantitative estimate of drug-likeness (QED) is 0.611. The highest BCUT2D eigenvalue weighted by Crippen LogP contribution is 2.14. The third kappa shape index (κ3) is 7.78. The number of halogens is 1. The lowest BCUT2D eigenvalue weighted by molar-refractivity contribution is -0.122. The minimum absolute atomic E-state index is 0.250. The van der Waals surface area contributed by atoms with E-state index in [1.807, 2.05) is 31.3 Å². The molecular formula is C10H14ClNO3. The molecule has 15 heavy (non-hydrogen) atoms. The van der Waals surface area contributed by atoms with Gasteiger partial charge in [0.05, 0.1) is 0 Å². The SMILES string of the molecule is CNCCOc1ccc(Cl)cc1.O=CO. The van der Waals surface area contributed by atoms with Crippen LogP contribution in [0.15, 0.2) is 24.3 Å². The van der Waals surface area contributed by atoms with Gasteiger partial charge in [-0.05, 0) is 31.3 Å². The molecule has 0 spiro atoms. The van der Waals surface area contributed by atoms with E-state index in [1.165, 1.54) is 0 Å². The minimum atomic E-state index is -0.250. The van der Waals surface area contributed by atoms with Crippen LogP contribution in [0.5, 0.6) is 5.75 Å². The topological polar surface area (TPSA) is 58.6 Å². The van der Waals surface area contributed by atoms with Crippen LogP contribution in [0.1, 0.15) is 0 Å². The molecule has 5 heteroatoms. The molecule has 1 aromatic rings. The van der Waals surface area contributed by atoms with E-state index in [-0.39, 0.29) is 6.47 Å². The number of rotatable bonds is 4. The number of hydrogen-bond acceptors (Lipinski definition) is 3. The van der Waals surface area contributed by atoms with Crippen LogP contribution < -0.4 is 10.1 Å². The fourth-order valence-electron chi connectivity index (χ4n) is 0.802. The Morgan fingerprint density at radius 1 is 1.47 bits per heavy atom. The fraction of sp³-hybridized carbons (Fsp3) is 0.300. The molecule has 0 saturated carbocycles. The second-order valence-electron chi connectivity index (χ2n) is 2.51. The lowest BCUT2D eigenvalue weighted by atomic mass is 10.3. The van der Waals surface area contributed by atoms with Gasteiger partial charge in [-0.25, -0.2) is 0 Å². The Morgan fingerprint density at radius 3 is 2.47 bits per heavy atom. The third-order valence-electron chi connectivity index (χ3n) is 1.43. The summed E-state index contributed by atoms with van der Waals surface area (Å²) in [5, 5.41) is 10.6. The van der Waals surface area contributed by atoms with Crippen molar-refractivity contribution in [3.8, 4) is 5.75 Å². The molecule has 0 aliphatic carbocycles. The number of carboxylic acid groups (broad SMARTS) is 1. The molecule has 0 aliphatic heterocycles. The van der Waals surface area contributed by atoms with E-state index >= 15 is 0 Å². The Labute approximate surface area is 93.8 Å². The molecule has 0 aliphatic rings. The van der Waals surface area contributed by atoms with Crippen molar-refractivity contribution in [2.75, 3.05) is 20.2 Å². The first kappa shape index (κ1) is 13.7. The van der Waals surface area contributed by atoms with Crippen LogP contribution in [-0.4, -0.2) is 31.8 Å². The molecule has 0 unspecified atom stereocenters. The molecule has 0 radical (unpaired) electrons. The van der Waals surface area contributed by atoms with Gasteiger partial charge >= 0.3 is 0 Å². The van der Waals surface area contributed by atoms with Gasteiger partial charge in [0.1, 0.15) is 12.4 Å². The van der Waals surface area contributed by atoms with Gasteiger partial charge in [-0.2, -0.15) is 0 Å². The average molecular weight is 232 g/mol. The van der Waals surface area contributed by atoms with Crippen molar-refractivity contribution < 1.29 is 14.6 Å². The summed E-state index contributed by atoms with van der Waals surface area (Å²) in [6, 6.07) is 7.35. The van der Waals surface area contributed by atoms with Crippen molar-refractivity contribution in [2.24, 2.45) is 0 Å². The van der Waals surface area contributed by atoms with Crippen molar-refractivity contribution in [1.29, 1.82) is 0 Å². The van der Waals surface area contributed by atoms with Gasteiger partial charge in [-0.1, -0.05) is 11.6 Å². The maximum absolute atomic E-state index is 8.36. The summed E-state index contributed by atoms with van der Waals surface area (Å²) in [6.45, 7) is 1.28. The van der Waals surface area contributed by atoms with Crippen molar-refractivity contribution in [1.82, 2.24) is 5.32 Å². The van der Waals surface area contributed by atoms with Crippen molar-refractivity contribution in [2.45, 2.75) is 0 Å². The number of benzene rings is 1. The molecule has 84 valence electrons. The zero-order chi connectivity index (χ0) is 11.5. The Balaban J connectivity index is 0.000000583. The fourth-order valence-corrected chi connectivity index (χ4v) is 0.928. The molecule has 4 nitrogen and oxygen atoms in total. The normalized spacial score (nSPS) is 8.67. The summed E-state index contributed by atoms with van der Waals surface area (Å²) in [5.74, 6) is 0.856. The highest BCUT2D eigenvalue weighted by Gasteiger charge is 1.91. The molecule has 0 heterocycles. The summed E-state index contributed by atoms with van der Waals surface area (Å²) in [7, 11) is 1.89. The van der Waals surface area contributed by atoms with Gasteiger partial charge in [0.15, 0.2) is 0 Å². The summed E-state index contributed by atoms with van der Waals surface area (Å²) in [6.07, 6.45) is 0. The number of carbonyl (C=O) groups is 1. The molecule has 1 rings (SSSR count). The van der Waals surface area contributed by atoms with Crippen molar-refractivity contribution in [3.05, 3.63) is 29.3 Å². The van der Waals surface area contributed by atoms with Crippen molar-refractivity contribution >= 4 is 18.1 Å². The largest absolute Gasteiger partial charge is 0.492 e. The van der Waals surface area contributed by atoms with Gasteiger partial charge in [0.2, 0.25) is 0 Å². The number of hydrogen-bond donors (Lipinski definition) is 2. The van der Waals surface area contributed by atoms with Gasteiger partial charge in [-0.15, -0.1) is 0 Å². The van der Waals surface area contributed by atoms with E-state index in [4.69, 9.17) is 26.2 Å². The molecule has 0 fully saturated rings. The van der Waals surface area contributed by atoms with Crippen LogP contribution in [0.3, 0.4) is 0 Å². The van der Waals surface area contributed by atoms with Crippen LogP contribution in [0.4, 0.5) is 0 Å². The average Bonchev–Trinajstić information content (AvgIpc) is 2.23. The molecule has 0 amide bonds. The Hall–Kier alpha value is -1.26. The van der Waals surface area contributed by atoms with Crippen LogP contribution >= 0.6 is 11.6 Å². The predicted molar refractivity (Wildman–Crippen MR) is 59.6 cm³/mol. The van der Waals surface area contributed by atoms with E-state index in [1.54, 1.807) is 0 Å². The van der Waals surface area contributed by atoms with E-state index in [0.29, 0.717) is 6.61 Å². The number of likely N-dealkylation sites (N-methyl/N-ethyl adjacent to an activating group) is 1. The molecule has 0 saturated heterocycles. The first-order valence-electron chi connectivity index (χ1n) is 4.35. The number of ether oxygens (including phenoxy) is 1. The Bertz CT molecular complexity index is 264. The monoisotopic (exact) mass is 231 g/mol. The second-order valence-corrected chi connectivity index (χ2v) is 2.95. The summed E-state index contributed by atoms with van der Waals surface area (Å²) in [4.78, 5) is 8.36. The van der Waals surface area contributed by atoms with E-state index < -0.39 is 0 Å². The second kappa shape index (κ2) is 9.30. The minimum Gasteiger partial charge on any atom is -0.492 e. The molecule has 0 atom stereocenters. The van der Waals surface area contributed by atoms with Gasteiger partial charge in [0.25, 0.3) is 6.47 Å². The molecule has 0 bridgehead atoms. The van der Waals surface area contributed by atoms with Crippen LogP contribution in [0.25, 0.3) is 0 Å². The van der Waals surface area contributed by atoms with E-state index in [2.05, 4.69) is 5.32 Å². The maximum atomic E-state index is 8.36. The highest BCUT2D eigenvalue weighted by atomic mass is 35.5. The lowest BCUT2D eigenvalue weighted by Crippen LogP contribution is -2.15.